The van der Waals surface area contributed by atoms with E-state index in [9.17, 15) is 9.59 Å². The highest BCUT2D eigenvalue weighted by Gasteiger charge is 2.57. The van der Waals surface area contributed by atoms with Crippen LogP contribution in [0.25, 0.3) is 0 Å². The Labute approximate surface area is 152 Å². The van der Waals surface area contributed by atoms with E-state index in [1.807, 2.05) is 59.6 Å². The van der Waals surface area contributed by atoms with Crippen LogP contribution in [-0.2, 0) is 16.1 Å². The summed E-state index contributed by atoms with van der Waals surface area (Å²) in [4.78, 5) is 26.6. The summed E-state index contributed by atoms with van der Waals surface area (Å²) in [5, 5.41) is 1.90. The number of nitrogens with one attached hydrogen (secondary N) is 1. The second kappa shape index (κ2) is 6.55. The van der Waals surface area contributed by atoms with Gasteiger partial charge in [0.1, 0.15) is 11.8 Å². The predicted molar refractivity (Wildman–Crippen MR) is 95.9 cm³/mol. The van der Waals surface area contributed by atoms with Crippen molar-refractivity contribution in [2.45, 2.75) is 18.6 Å². The second-order valence-electron chi connectivity index (χ2n) is 6.70. The maximum absolute atomic E-state index is 12.7. The first-order chi connectivity index (χ1) is 12.6. The molecule has 0 aliphatic carbocycles. The molecule has 6 nitrogen and oxygen atoms in total. The second-order valence-corrected chi connectivity index (χ2v) is 6.70. The molecule has 2 heterocycles. The van der Waals surface area contributed by atoms with E-state index in [-0.39, 0.29) is 17.9 Å². The normalized spacial score (nSPS) is 25.6. The number of likely N-dealkylation sites (tertiary alicyclic amines) is 1. The van der Waals surface area contributed by atoms with Crippen LogP contribution in [0, 0.1) is 5.92 Å². The van der Waals surface area contributed by atoms with Crippen molar-refractivity contribution in [2.75, 3.05) is 14.2 Å². The first-order valence-corrected chi connectivity index (χ1v) is 8.62. The lowest BCUT2D eigenvalue weighted by atomic mass is 9.91. The minimum Gasteiger partial charge on any atom is -0.497 e. The Morgan fingerprint density at radius 1 is 1.00 bits per heavy atom. The third-order valence-corrected chi connectivity index (χ3v) is 5.21. The number of ether oxygens (including phenoxy) is 1. The van der Waals surface area contributed by atoms with Gasteiger partial charge in [0.05, 0.1) is 19.1 Å². The predicted octanol–water partition coefficient (Wildman–Crippen LogP) is 1.74. The van der Waals surface area contributed by atoms with Gasteiger partial charge in [0.15, 0.2) is 0 Å². The van der Waals surface area contributed by atoms with Crippen molar-refractivity contribution in [1.29, 1.82) is 0 Å². The molecule has 0 radical (unpaired) electrons. The van der Waals surface area contributed by atoms with Crippen molar-refractivity contribution < 1.29 is 14.3 Å². The molecule has 2 fully saturated rings. The molecule has 2 aliphatic rings. The molecule has 0 saturated carbocycles. The summed E-state index contributed by atoms with van der Waals surface area (Å²) >= 11 is 0. The molecule has 6 heteroatoms. The molecule has 2 aromatic rings. The molecule has 0 aromatic heterocycles. The van der Waals surface area contributed by atoms with Crippen LogP contribution in [-0.4, -0.2) is 41.9 Å². The third-order valence-electron chi connectivity index (χ3n) is 5.21. The van der Waals surface area contributed by atoms with E-state index in [1.54, 1.807) is 14.2 Å². The fraction of sp³-hybridized carbons (Fsp3) is 0.300. The molecule has 2 aromatic carbocycles. The standard InChI is InChI=1S/C20H21N3O3/c1-22-19(24)16-17(14-8-10-15(26-2)11-9-14)21-23(18(16)20(22)25)12-13-6-4-3-5-7-13/h3-11,16-18,21H,12H2,1-2H3/t16-,17-,18-/m1/s1. The molecule has 4 rings (SSSR count). The summed E-state index contributed by atoms with van der Waals surface area (Å²) in [6.45, 7) is 0.557. The maximum atomic E-state index is 12.7. The van der Waals surface area contributed by atoms with Gasteiger partial charge in [-0.05, 0) is 23.3 Å². The summed E-state index contributed by atoms with van der Waals surface area (Å²) < 4.78 is 5.21. The number of likely N-dealkylation sites (N-methyl/N-ethyl adjacent to an activating group) is 1. The SMILES string of the molecule is COc1ccc([C@H]2NN(Cc3ccccc3)[C@H]3C(=O)N(C)C(=O)[C@H]23)cc1. The number of hydrogen-bond donors (Lipinski definition) is 1. The van der Waals surface area contributed by atoms with Crippen molar-refractivity contribution in [3.63, 3.8) is 0 Å². The zero-order valence-corrected chi connectivity index (χ0v) is 14.8. The molecule has 0 unspecified atom stereocenters. The Balaban J connectivity index is 1.67. The molecule has 0 spiro atoms. The molecule has 2 saturated heterocycles. The van der Waals surface area contributed by atoms with Crippen LogP contribution in [0.2, 0.25) is 0 Å². The van der Waals surface area contributed by atoms with Crippen molar-refractivity contribution in [3.8, 4) is 5.75 Å². The van der Waals surface area contributed by atoms with Crippen LogP contribution < -0.4 is 10.2 Å². The number of imide groups is 1. The van der Waals surface area contributed by atoms with E-state index in [2.05, 4.69) is 5.43 Å². The Morgan fingerprint density at radius 3 is 2.35 bits per heavy atom. The van der Waals surface area contributed by atoms with E-state index in [0.29, 0.717) is 6.54 Å². The maximum Gasteiger partial charge on any atom is 0.248 e. The van der Waals surface area contributed by atoms with E-state index in [4.69, 9.17) is 4.74 Å². The molecular weight excluding hydrogens is 330 g/mol. The van der Waals surface area contributed by atoms with Crippen LogP contribution in [0.4, 0.5) is 0 Å². The topological polar surface area (TPSA) is 61.9 Å². The average Bonchev–Trinajstić information content (AvgIpc) is 3.15. The van der Waals surface area contributed by atoms with Crippen molar-refractivity contribution in [3.05, 3.63) is 65.7 Å². The van der Waals surface area contributed by atoms with Gasteiger partial charge in [0, 0.05) is 13.6 Å². The summed E-state index contributed by atoms with van der Waals surface area (Å²) in [6.07, 6.45) is 0. The van der Waals surface area contributed by atoms with Gasteiger partial charge in [0.25, 0.3) is 0 Å². The lowest BCUT2D eigenvalue weighted by molar-refractivity contribution is -0.139. The molecule has 3 atom stereocenters. The highest BCUT2D eigenvalue weighted by molar-refractivity contribution is 6.07. The quantitative estimate of drug-likeness (QED) is 0.851. The summed E-state index contributed by atoms with van der Waals surface area (Å²) in [5.41, 5.74) is 5.45. The molecule has 26 heavy (non-hydrogen) atoms. The van der Waals surface area contributed by atoms with E-state index >= 15 is 0 Å². The fourth-order valence-electron chi connectivity index (χ4n) is 3.83. The summed E-state index contributed by atoms with van der Waals surface area (Å²) in [7, 11) is 3.18. The Bertz CT molecular complexity index is 822. The average molecular weight is 351 g/mol. The van der Waals surface area contributed by atoms with Crippen molar-refractivity contribution in [2.24, 2.45) is 5.92 Å². The molecule has 2 amide bonds. The molecule has 0 bridgehead atoms. The van der Waals surface area contributed by atoms with Gasteiger partial charge in [0.2, 0.25) is 11.8 Å². The van der Waals surface area contributed by atoms with Crippen LogP contribution in [0.3, 0.4) is 0 Å². The van der Waals surface area contributed by atoms with Crippen LogP contribution in [0.5, 0.6) is 5.75 Å². The smallest absolute Gasteiger partial charge is 0.248 e. The highest BCUT2D eigenvalue weighted by atomic mass is 16.5. The van der Waals surface area contributed by atoms with E-state index < -0.39 is 12.0 Å². The van der Waals surface area contributed by atoms with Crippen LogP contribution in [0.1, 0.15) is 17.2 Å². The largest absolute Gasteiger partial charge is 0.497 e. The minimum absolute atomic E-state index is 0.135. The Morgan fingerprint density at radius 2 is 1.69 bits per heavy atom. The molecular formula is C20H21N3O3. The number of benzene rings is 2. The molecule has 134 valence electrons. The lowest BCUT2D eigenvalue weighted by Crippen LogP contribution is -2.43. The number of hydrazine groups is 1. The van der Waals surface area contributed by atoms with Gasteiger partial charge in [-0.25, -0.2) is 10.4 Å². The van der Waals surface area contributed by atoms with Crippen LogP contribution in [0.15, 0.2) is 54.6 Å². The van der Waals surface area contributed by atoms with Gasteiger partial charge in [-0.15, -0.1) is 0 Å². The van der Waals surface area contributed by atoms with E-state index in [0.717, 1.165) is 16.9 Å². The zero-order valence-electron chi connectivity index (χ0n) is 14.8. The monoisotopic (exact) mass is 351 g/mol. The Hall–Kier alpha value is -2.70. The number of nitrogens with zero attached hydrogens (tertiary/aromatic N) is 2. The summed E-state index contributed by atoms with van der Waals surface area (Å²) in [6, 6.07) is 16.8. The first kappa shape index (κ1) is 16.8. The number of fused-ring (bicyclic) bond motifs is 1. The van der Waals surface area contributed by atoms with Gasteiger partial charge < -0.3 is 4.74 Å². The number of carbonyl (C=O) groups is 2. The highest BCUT2D eigenvalue weighted by Crippen LogP contribution is 2.40. The number of rotatable bonds is 4. The Kier molecular flexibility index (Phi) is 4.22. The number of amides is 2. The van der Waals surface area contributed by atoms with E-state index in [1.165, 1.54) is 4.90 Å². The van der Waals surface area contributed by atoms with Gasteiger partial charge in [-0.3, -0.25) is 14.5 Å². The van der Waals surface area contributed by atoms with Crippen molar-refractivity contribution in [1.82, 2.24) is 15.3 Å². The molecule has 2 aliphatic heterocycles. The van der Waals surface area contributed by atoms with Crippen molar-refractivity contribution >= 4 is 11.8 Å². The summed E-state index contributed by atoms with van der Waals surface area (Å²) in [5.74, 6) is 0.0447. The van der Waals surface area contributed by atoms with Gasteiger partial charge >= 0.3 is 0 Å². The third kappa shape index (κ3) is 2.67. The number of hydrogen-bond acceptors (Lipinski definition) is 5. The first-order valence-electron chi connectivity index (χ1n) is 8.62. The van der Waals surface area contributed by atoms with Crippen LogP contribution >= 0.6 is 0 Å². The zero-order chi connectivity index (χ0) is 18.3. The number of carbonyl (C=O) groups excluding carboxylic acids is 2. The van der Waals surface area contributed by atoms with Gasteiger partial charge in [-0.1, -0.05) is 42.5 Å². The number of methoxy groups -OCH3 is 1. The fourth-order valence-corrected chi connectivity index (χ4v) is 3.83. The molecule has 1 N–H and O–H groups in total. The minimum atomic E-state index is -0.486. The lowest BCUT2D eigenvalue weighted by Gasteiger charge is -2.23. The van der Waals surface area contributed by atoms with Gasteiger partial charge in [-0.2, -0.15) is 0 Å².